The summed E-state index contributed by atoms with van der Waals surface area (Å²) >= 11 is 1.63. The first-order chi connectivity index (χ1) is 8.78. The van der Waals surface area contributed by atoms with Crippen LogP contribution in [-0.4, -0.2) is 22.6 Å². The molecule has 0 radical (unpaired) electrons. The number of H-pyrrole nitrogens is 1. The number of carbonyl (C=O) groups excluding carboxylic acids is 1. The van der Waals surface area contributed by atoms with E-state index in [1.54, 1.807) is 16.2 Å². The van der Waals surface area contributed by atoms with Crippen LogP contribution in [-0.2, 0) is 4.79 Å². The third-order valence-corrected chi connectivity index (χ3v) is 3.89. The van der Waals surface area contributed by atoms with E-state index in [4.69, 9.17) is 6.42 Å². The van der Waals surface area contributed by atoms with Gasteiger partial charge >= 0.3 is 0 Å². The largest absolute Gasteiger partial charge is 0.294 e. The first kappa shape index (κ1) is 11.1. The van der Waals surface area contributed by atoms with Crippen LogP contribution in [0.15, 0.2) is 23.6 Å². The fourth-order valence-electron chi connectivity index (χ4n) is 2.05. The summed E-state index contributed by atoms with van der Waals surface area (Å²) in [5.41, 5.74) is 0.928. The maximum atomic E-state index is 11.8. The number of nitrogens with one attached hydrogen (secondary N) is 1. The van der Waals surface area contributed by atoms with Gasteiger partial charge in [-0.05, 0) is 11.4 Å². The van der Waals surface area contributed by atoms with Crippen LogP contribution >= 0.6 is 11.3 Å². The van der Waals surface area contributed by atoms with Crippen molar-refractivity contribution in [1.82, 2.24) is 10.2 Å². The minimum absolute atomic E-state index is 0.000567. The van der Waals surface area contributed by atoms with Gasteiger partial charge in [0.15, 0.2) is 5.82 Å². The molecule has 3 rings (SSSR count). The zero-order chi connectivity index (χ0) is 12.5. The summed E-state index contributed by atoms with van der Waals surface area (Å²) in [4.78, 5) is 14.6. The molecule has 1 unspecified atom stereocenters. The third-order valence-electron chi connectivity index (χ3n) is 2.99. The van der Waals surface area contributed by atoms with Gasteiger partial charge in [0.2, 0.25) is 5.91 Å². The van der Waals surface area contributed by atoms with Crippen LogP contribution in [0.2, 0.25) is 0 Å². The Balaban J connectivity index is 1.86. The van der Waals surface area contributed by atoms with Gasteiger partial charge in [0.25, 0.3) is 0 Å². The Kier molecular flexibility index (Phi) is 2.65. The lowest BCUT2D eigenvalue weighted by molar-refractivity contribution is -0.117. The number of rotatable bonds is 2. The number of aromatic amines is 1. The number of nitrogens with zero attached hydrogens (tertiary/aromatic N) is 2. The second-order valence-electron chi connectivity index (χ2n) is 4.19. The molecule has 1 fully saturated rings. The van der Waals surface area contributed by atoms with E-state index >= 15 is 0 Å². The zero-order valence-electron chi connectivity index (χ0n) is 9.59. The third kappa shape index (κ3) is 1.81. The molecular weight excluding hydrogens is 246 g/mol. The molecule has 1 N–H and O–H groups in total. The van der Waals surface area contributed by atoms with Crippen molar-refractivity contribution < 1.29 is 4.79 Å². The molecule has 1 aliphatic heterocycles. The second-order valence-corrected chi connectivity index (χ2v) is 5.14. The normalized spacial score (nSPS) is 19.2. The molecule has 0 bridgehead atoms. The molecule has 4 nitrogen and oxygen atoms in total. The van der Waals surface area contributed by atoms with E-state index in [1.807, 2.05) is 23.6 Å². The molecule has 0 saturated carbocycles. The van der Waals surface area contributed by atoms with Crippen molar-refractivity contribution in [2.24, 2.45) is 5.92 Å². The standard InChI is InChI=1S/C13H11N3OS/c1-2-9-6-13(17)16(8-9)12-7-10(14-15-12)11-4-3-5-18-11/h1,3-5,7,9H,6,8H2,(H,14,15). The summed E-state index contributed by atoms with van der Waals surface area (Å²) in [6, 6.07) is 5.89. The van der Waals surface area contributed by atoms with Crippen LogP contribution < -0.4 is 4.90 Å². The predicted octanol–water partition coefficient (Wildman–Crippen LogP) is 2.12. The van der Waals surface area contributed by atoms with Crippen molar-refractivity contribution in [2.45, 2.75) is 6.42 Å². The van der Waals surface area contributed by atoms with Crippen molar-refractivity contribution in [1.29, 1.82) is 0 Å². The molecule has 90 valence electrons. The molecule has 18 heavy (non-hydrogen) atoms. The van der Waals surface area contributed by atoms with E-state index in [1.165, 1.54) is 0 Å². The summed E-state index contributed by atoms with van der Waals surface area (Å²) in [6.45, 7) is 0.560. The van der Waals surface area contributed by atoms with Crippen molar-refractivity contribution in [3.8, 4) is 22.9 Å². The van der Waals surface area contributed by atoms with Gasteiger partial charge in [-0.3, -0.25) is 14.8 Å². The summed E-state index contributed by atoms with van der Waals surface area (Å²) in [5.74, 6) is 3.33. The Morgan fingerprint density at radius 3 is 3.17 bits per heavy atom. The summed E-state index contributed by atoms with van der Waals surface area (Å²) < 4.78 is 0. The molecule has 1 saturated heterocycles. The smallest absolute Gasteiger partial charge is 0.229 e. The highest BCUT2D eigenvalue weighted by Gasteiger charge is 2.30. The Morgan fingerprint density at radius 2 is 2.50 bits per heavy atom. The molecular formula is C13H11N3OS. The highest BCUT2D eigenvalue weighted by atomic mass is 32.1. The SMILES string of the molecule is C#CC1CC(=O)N(c2cc(-c3cccs3)[nH]n2)C1. The van der Waals surface area contributed by atoms with E-state index in [9.17, 15) is 4.79 Å². The lowest BCUT2D eigenvalue weighted by Gasteiger charge is -2.11. The van der Waals surface area contributed by atoms with Gasteiger partial charge in [0, 0.05) is 24.9 Å². The first-order valence-corrected chi connectivity index (χ1v) is 6.51. The van der Waals surface area contributed by atoms with Gasteiger partial charge in [-0.2, -0.15) is 5.10 Å². The topological polar surface area (TPSA) is 49.0 Å². The molecule has 0 spiro atoms. The van der Waals surface area contributed by atoms with E-state index < -0.39 is 0 Å². The maximum absolute atomic E-state index is 11.8. The minimum atomic E-state index is -0.000567. The number of aromatic nitrogens is 2. The molecule has 3 heterocycles. The van der Waals surface area contributed by atoms with Gasteiger partial charge in [0.1, 0.15) is 0 Å². The van der Waals surface area contributed by atoms with Gasteiger partial charge in [-0.25, -0.2) is 0 Å². The maximum Gasteiger partial charge on any atom is 0.229 e. The average molecular weight is 257 g/mol. The van der Waals surface area contributed by atoms with Crippen LogP contribution in [0.4, 0.5) is 5.82 Å². The predicted molar refractivity (Wildman–Crippen MR) is 71.2 cm³/mol. The van der Waals surface area contributed by atoms with E-state index in [0.717, 1.165) is 10.6 Å². The van der Waals surface area contributed by atoms with Crippen molar-refractivity contribution in [2.75, 3.05) is 11.4 Å². The van der Waals surface area contributed by atoms with E-state index in [0.29, 0.717) is 18.8 Å². The fraction of sp³-hybridized carbons (Fsp3) is 0.231. The highest BCUT2D eigenvalue weighted by Crippen LogP contribution is 2.28. The van der Waals surface area contributed by atoms with Gasteiger partial charge in [-0.15, -0.1) is 23.7 Å². The van der Waals surface area contributed by atoms with Gasteiger partial charge in [0.05, 0.1) is 10.6 Å². The number of terminal acetylenes is 1. The number of hydrogen-bond acceptors (Lipinski definition) is 3. The number of thiophene rings is 1. The van der Waals surface area contributed by atoms with Crippen LogP contribution in [0, 0.1) is 18.3 Å². The van der Waals surface area contributed by atoms with Crippen LogP contribution in [0.1, 0.15) is 6.42 Å². The lowest BCUT2D eigenvalue weighted by atomic mass is 10.1. The Hall–Kier alpha value is -2.06. The molecule has 2 aromatic heterocycles. The second kappa shape index (κ2) is 4.31. The van der Waals surface area contributed by atoms with Crippen molar-refractivity contribution >= 4 is 23.1 Å². The summed E-state index contributed by atoms with van der Waals surface area (Å²) in [5, 5.41) is 9.15. The van der Waals surface area contributed by atoms with Crippen molar-refractivity contribution in [3.05, 3.63) is 23.6 Å². The zero-order valence-corrected chi connectivity index (χ0v) is 10.4. The molecule has 5 heteroatoms. The number of anilines is 1. The van der Waals surface area contributed by atoms with Crippen molar-refractivity contribution in [3.63, 3.8) is 0 Å². The number of carbonyl (C=O) groups is 1. The molecule has 0 aliphatic carbocycles. The molecule has 2 aromatic rings. The Bertz CT molecular complexity index is 608. The lowest BCUT2D eigenvalue weighted by Crippen LogP contribution is -2.24. The first-order valence-electron chi connectivity index (χ1n) is 5.63. The van der Waals surface area contributed by atoms with Gasteiger partial charge < -0.3 is 0 Å². The van der Waals surface area contributed by atoms with Crippen LogP contribution in [0.25, 0.3) is 10.6 Å². The molecule has 0 aromatic carbocycles. The van der Waals surface area contributed by atoms with E-state index in [-0.39, 0.29) is 11.8 Å². The number of hydrogen-bond donors (Lipinski definition) is 1. The van der Waals surface area contributed by atoms with Crippen LogP contribution in [0.5, 0.6) is 0 Å². The molecule has 1 amide bonds. The fourth-order valence-corrected chi connectivity index (χ4v) is 2.74. The quantitative estimate of drug-likeness (QED) is 0.838. The average Bonchev–Trinajstić information content (AvgIpc) is 3.08. The minimum Gasteiger partial charge on any atom is -0.294 e. The summed E-state index contributed by atoms with van der Waals surface area (Å²) in [7, 11) is 0. The highest BCUT2D eigenvalue weighted by molar-refractivity contribution is 7.13. The van der Waals surface area contributed by atoms with Gasteiger partial charge in [-0.1, -0.05) is 6.07 Å². The summed E-state index contributed by atoms with van der Waals surface area (Å²) in [6.07, 6.45) is 5.78. The van der Waals surface area contributed by atoms with Crippen LogP contribution in [0.3, 0.4) is 0 Å². The monoisotopic (exact) mass is 257 g/mol. The Labute approximate surface area is 109 Å². The number of amides is 1. The molecule has 1 atom stereocenters. The van der Waals surface area contributed by atoms with E-state index in [2.05, 4.69) is 16.1 Å². The Morgan fingerprint density at radius 1 is 1.61 bits per heavy atom. The molecule has 1 aliphatic rings.